The Morgan fingerprint density at radius 3 is 2.52 bits per heavy atom. The van der Waals surface area contributed by atoms with E-state index in [9.17, 15) is 14.0 Å². The molecular weight excluding hydrogens is 295 g/mol. The zero-order valence-corrected chi connectivity index (χ0v) is 11.9. The van der Waals surface area contributed by atoms with Crippen LogP contribution in [-0.4, -0.2) is 11.8 Å². The quantitative estimate of drug-likeness (QED) is 0.914. The van der Waals surface area contributed by atoms with Crippen LogP contribution in [0.25, 0.3) is 0 Å². The number of benzene rings is 2. The second-order valence-corrected chi connectivity index (χ2v) is 4.86. The molecule has 0 aliphatic heterocycles. The molecule has 0 aliphatic carbocycles. The Morgan fingerprint density at radius 1 is 1.19 bits per heavy atom. The van der Waals surface area contributed by atoms with Crippen molar-refractivity contribution >= 4 is 29.1 Å². The molecule has 2 aromatic rings. The van der Waals surface area contributed by atoms with Gasteiger partial charge in [0, 0.05) is 5.69 Å². The van der Waals surface area contributed by atoms with Crippen molar-refractivity contribution in [3.8, 4) is 0 Å². The van der Waals surface area contributed by atoms with E-state index in [0.717, 1.165) is 0 Å². The molecule has 4 nitrogen and oxygen atoms in total. The number of carbonyl (C=O) groups excluding carboxylic acids is 2. The Kier molecular flexibility index (Phi) is 4.23. The summed E-state index contributed by atoms with van der Waals surface area (Å²) in [5.74, 6) is -1.84. The molecule has 108 valence electrons. The van der Waals surface area contributed by atoms with Gasteiger partial charge in [0.05, 0.1) is 16.1 Å². The van der Waals surface area contributed by atoms with E-state index in [2.05, 4.69) is 5.32 Å². The van der Waals surface area contributed by atoms with Crippen molar-refractivity contribution in [1.29, 1.82) is 0 Å². The maximum absolute atomic E-state index is 13.9. The van der Waals surface area contributed by atoms with Gasteiger partial charge in [-0.25, -0.2) is 4.39 Å². The molecule has 0 bridgehead atoms. The second-order valence-electron chi connectivity index (χ2n) is 4.45. The van der Waals surface area contributed by atoms with E-state index in [-0.39, 0.29) is 16.1 Å². The molecule has 6 heteroatoms. The lowest BCUT2D eigenvalue weighted by Gasteiger charge is -2.09. The topological polar surface area (TPSA) is 72.2 Å². The first-order valence-electron chi connectivity index (χ1n) is 6.06. The minimum absolute atomic E-state index is 0.0647. The number of nitrogens with one attached hydrogen (secondary N) is 1. The highest BCUT2D eigenvalue weighted by Crippen LogP contribution is 2.21. The lowest BCUT2D eigenvalue weighted by molar-refractivity contribution is 0.0998. The Labute approximate surface area is 125 Å². The van der Waals surface area contributed by atoms with Crippen molar-refractivity contribution in [2.24, 2.45) is 5.73 Å². The number of primary amides is 1. The highest BCUT2D eigenvalue weighted by atomic mass is 35.5. The van der Waals surface area contributed by atoms with Gasteiger partial charge < -0.3 is 11.1 Å². The maximum Gasteiger partial charge on any atom is 0.258 e. The third-order valence-corrected chi connectivity index (χ3v) is 3.24. The average molecular weight is 307 g/mol. The summed E-state index contributed by atoms with van der Waals surface area (Å²) in [6, 6.07) is 8.80. The molecule has 2 amide bonds. The van der Waals surface area contributed by atoms with Crippen molar-refractivity contribution in [3.05, 3.63) is 63.9 Å². The fraction of sp³-hybridized carbons (Fsp3) is 0.0667. The van der Waals surface area contributed by atoms with Crippen LogP contribution in [0.4, 0.5) is 10.1 Å². The van der Waals surface area contributed by atoms with Crippen LogP contribution in [0.15, 0.2) is 36.4 Å². The van der Waals surface area contributed by atoms with Gasteiger partial charge in [-0.2, -0.15) is 0 Å². The minimum atomic E-state index is -0.664. The van der Waals surface area contributed by atoms with Gasteiger partial charge in [0.25, 0.3) is 5.91 Å². The highest BCUT2D eigenvalue weighted by Gasteiger charge is 2.14. The fourth-order valence-corrected chi connectivity index (χ4v) is 2.09. The summed E-state index contributed by atoms with van der Waals surface area (Å²) in [6.45, 7) is 1.57. The van der Waals surface area contributed by atoms with E-state index in [1.165, 1.54) is 24.3 Å². The monoisotopic (exact) mass is 306 g/mol. The average Bonchev–Trinajstić information content (AvgIpc) is 2.41. The summed E-state index contributed by atoms with van der Waals surface area (Å²) in [5, 5.41) is 2.63. The van der Waals surface area contributed by atoms with Crippen LogP contribution in [0.5, 0.6) is 0 Å². The molecule has 0 spiro atoms. The number of amides is 2. The standard InChI is InChI=1S/C15H12ClFN2O2/c1-8-3-2-4-11(13(8)17)15(21)19-9-5-6-10(14(18)20)12(16)7-9/h2-7H,1H3,(H2,18,20)(H,19,21). The van der Waals surface area contributed by atoms with Gasteiger partial charge in [-0.05, 0) is 36.8 Å². The van der Waals surface area contributed by atoms with Gasteiger partial charge in [-0.3, -0.25) is 9.59 Å². The summed E-state index contributed by atoms with van der Waals surface area (Å²) in [4.78, 5) is 23.1. The van der Waals surface area contributed by atoms with E-state index in [1.807, 2.05) is 0 Å². The van der Waals surface area contributed by atoms with Gasteiger partial charge >= 0.3 is 0 Å². The fourth-order valence-electron chi connectivity index (χ4n) is 1.81. The van der Waals surface area contributed by atoms with E-state index in [4.69, 9.17) is 17.3 Å². The predicted octanol–water partition coefficient (Wildman–Crippen LogP) is 3.14. The summed E-state index contributed by atoms with van der Waals surface area (Å²) in [6.07, 6.45) is 0. The van der Waals surface area contributed by atoms with Crippen molar-refractivity contribution in [3.63, 3.8) is 0 Å². The third-order valence-electron chi connectivity index (χ3n) is 2.93. The molecule has 0 unspecified atom stereocenters. The largest absolute Gasteiger partial charge is 0.366 e. The summed E-state index contributed by atoms with van der Waals surface area (Å²) in [7, 11) is 0. The van der Waals surface area contributed by atoms with E-state index in [1.54, 1.807) is 19.1 Å². The number of hydrogen-bond acceptors (Lipinski definition) is 2. The molecule has 0 saturated carbocycles. The maximum atomic E-state index is 13.9. The van der Waals surface area contributed by atoms with Gasteiger partial charge in [0.1, 0.15) is 5.82 Å². The lowest BCUT2D eigenvalue weighted by Crippen LogP contribution is -2.15. The van der Waals surface area contributed by atoms with Crippen molar-refractivity contribution < 1.29 is 14.0 Å². The zero-order chi connectivity index (χ0) is 15.6. The highest BCUT2D eigenvalue weighted by molar-refractivity contribution is 6.34. The molecule has 0 atom stereocenters. The summed E-state index contributed by atoms with van der Waals surface area (Å²) in [5.41, 5.74) is 5.94. The van der Waals surface area contributed by atoms with E-state index < -0.39 is 17.6 Å². The Morgan fingerprint density at radius 2 is 1.90 bits per heavy atom. The second kappa shape index (κ2) is 5.93. The SMILES string of the molecule is Cc1cccc(C(=O)Nc2ccc(C(N)=O)c(Cl)c2)c1F. The molecule has 0 aliphatic rings. The van der Waals surface area contributed by atoms with Crippen LogP contribution in [0, 0.1) is 12.7 Å². The van der Waals surface area contributed by atoms with Crippen LogP contribution in [0.3, 0.4) is 0 Å². The predicted molar refractivity (Wildman–Crippen MR) is 79.1 cm³/mol. The molecule has 3 N–H and O–H groups in total. The summed E-state index contributed by atoms with van der Waals surface area (Å²) < 4.78 is 13.9. The minimum Gasteiger partial charge on any atom is -0.366 e. The summed E-state index contributed by atoms with van der Waals surface area (Å²) >= 11 is 5.88. The lowest BCUT2D eigenvalue weighted by atomic mass is 10.1. The molecule has 2 rings (SSSR count). The number of halogens is 2. The van der Waals surface area contributed by atoms with Crippen LogP contribution >= 0.6 is 11.6 Å². The first-order chi connectivity index (χ1) is 9.90. The van der Waals surface area contributed by atoms with Gasteiger partial charge in [0.2, 0.25) is 5.91 Å². The molecule has 0 saturated heterocycles. The number of nitrogens with two attached hydrogens (primary N) is 1. The van der Waals surface area contributed by atoms with Crippen LogP contribution in [0.1, 0.15) is 26.3 Å². The van der Waals surface area contributed by atoms with Gasteiger partial charge in [-0.1, -0.05) is 23.7 Å². The number of carbonyl (C=O) groups is 2. The zero-order valence-electron chi connectivity index (χ0n) is 11.1. The number of aryl methyl sites for hydroxylation is 1. The first kappa shape index (κ1) is 15.0. The molecule has 2 aromatic carbocycles. The van der Waals surface area contributed by atoms with Crippen molar-refractivity contribution in [1.82, 2.24) is 0 Å². The van der Waals surface area contributed by atoms with Gasteiger partial charge in [-0.15, -0.1) is 0 Å². The van der Waals surface area contributed by atoms with E-state index in [0.29, 0.717) is 11.3 Å². The molecule has 0 heterocycles. The number of hydrogen-bond donors (Lipinski definition) is 2. The third kappa shape index (κ3) is 3.20. The van der Waals surface area contributed by atoms with Gasteiger partial charge in [0.15, 0.2) is 0 Å². The molecular formula is C15H12ClFN2O2. The Hall–Kier alpha value is -2.40. The van der Waals surface area contributed by atoms with E-state index >= 15 is 0 Å². The van der Waals surface area contributed by atoms with Crippen LogP contribution < -0.4 is 11.1 Å². The molecule has 0 aromatic heterocycles. The smallest absolute Gasteiger partial charge is 0.258 e. The molecule has 0 fully saturated rings. The normalized spacial score (nSPS) is 10.2. The first-order valence-corrected chi connectivity index (χ1v) is 6.43. The molecule has 21 heavy (non-hydrogen) atoms. The Balaban J connectivity index is 2.26. The van der Waals surface area contributed by atoms with Crippen molar-refractivity contribution in [2.45, 2.75) is 6.92 Å². The van der Waals surface area contributed by atoms with Crippen LogP contribution in [0.2, 0.25) is 5.02 Å². The number of rotatable bonds is 3. The van der Waals surface area contributed by atoms with Crippen LogP contribution in [-0.2, 0) is 0 Å². The number of anilines is 1. The Bertz CT molecular complexity index is 732. The van der Waals surface area contributed by atoms with Crippen molar-refractivity contribution in [2.75, 3.05) is 5.32 Å². The molecule has 0 radical (unpaired) electrons.